The Kier molecular flexibility index (Phi) is 9.16. The van der Waals surface area contributed by atoms with E-state index in [0.717, 1.165) is 20.1 Å². The fourth-order valence-corrected chi connectivity index (χ4v) is 3.55. The van der Waals surface area contributed by atoms with E-state index in [1.54, 1.807) is 24.3 Å². The molecule has 0 saturated carbocycles. The Morgan fingerprint density at radius 2 is 1.26 bits per heavy atom. The van der Waals surface area contributed by atoms with Crippen LogP contribution in [0.15, 0.2) is 97.5 Å². The van der Waals surface area contributed by atoms with Crippen LogP contribution in [0.4, 0.5) is 5.69 Å². The minimum Gasteiger partial charge on any atom is -0.267 e. The van der Waals surface area contributed by atoms with Gasteiger partial charge < -0.3 is 0 Å². The van der Waals surface area contributed by atoms with Gasteiger partial charge in [-0.15, -0.1) is 0 Å². The van der Waals surface area contributed by atoms with Crippen molar-refractivity contribution in [3.05, 3.63) is 114 Å². The number of nitrogens with zero attached hydrogens (tertiary/aromatic N) is 3. The molecule has 2 N–H and O–H groups in total. The number of hydrogen-bond acceptors (Lipinski definition) is 6. The third-order valence-electron chi connectivity index (χ3n) is 4.36. The van der Waals surface area contributed by atoms with Crippen LogP contribution in [0.2, 0.25) is 0 Å². The summed E-state index contributed by atoms with van der Waals surface area (Å²) < 4.78 is 1.68. The fraction of sp³-hybridized carbons (Fsp3) is 0. The average Bonchev–Trinajstić information content (AvgIpc) is 2.83. The van der Waals surface area contributed by atoms with Crippen molar-refractivity contribution in [2.45, 2.75) is 0 Å². The molecule has 0 aliphatic carbocycles. The number of non-ortho nitro benzene ring substituents is 1. The maximum atomic E-state index is 12.8. The van der Waals surface area contributed by atoms with Crippen LogP contribution in [0.3, 0.4) is 0 Å². The van der Waals surface area contributed by atoms with Crippen molar-refractivity contribution in [3.63, 3.8) is 0 Å². The van der Waals surface area contributed by atoms with Crippen molar-refractivity contribution in [1.82, 2.24) is 10.9 Å². The van der Waals surface area contributed by atoms with Crippen LogP contribution in [-0.4, -0.2) is 29.2 Å². The van der Waals surface area contributed by atoms with Crippen molar-refractivity contribution in [2.75, 3.05) is 0 Å². The van der Waals surface area contributed by atoms with Crippen molar-refractivity contribution in [1.29, 1.82) is 0 Å². The van der Waals surface area contributed by atoms with E-state index >= 15 is 0 Å². The minimum absolute atomic E-state index is 0.116. The second-order valence-electron chi connectivity index (χ2n) is 6.91. The molecule has 0 fully saturated rings. The number of rotatable bonds is 8. The van der Waals surface area contributed by atoms with Gasteiger partial charge in [-0.25, -0.2) is 10.9 Å². The number of nitrogens with one attached hydrogen (secondary N) is 2. The first-order valence-corrected chi connectivity index (χ1v) is 11.5. The fourth-order valence-electron chi connectivity index (χ4n) is 2.72. The lowest BCUT2D eigenvalue weighted by atomic mass is 10.1. The first-order valence-electron chi connectivity index (χ1n) is 9.96. The molecule has 0 saturated heterocycles. The maximum absolute atomic E-state index is 12.8. The van der Waals surface area contributed by atoms with Crippen LogP contribution < -0.4 is 10.9 Å². The normalized spacial score (nSPS) is 10.8. The third kappa shape index (κ3) is 8.09. The third-order valence-corrected chi connectivity index (χ3v) is 5.35. The molecule has 0 atom stereocenters. The standard InChI is InChI=1S/C24H17Br2N5O4/c25-19-5-1-3-17(11-19)14-27-29-23(32)22(13-16-7-9-21(10-8-16)31(34)35)24(33)30-28-15-18-4-2-6-20(26)12-18/h1-15H,(H,29,32)(H,30,33). The Morgan fingerprint density at radius 3 is 1.69 bits per heavy atom. The van der Waals surface area contributed by atoms with E-state index in [1.807, 2.05) is 24.3 Å². The van der Waals surface area contributed by atoms with Crippen LogP contribution in [0, 0.1) is 10.1 Å². The molecule has 0 heterocycles. The first-order chi connectivity index (χ1) is 16.8. The molecule has 0 aliphatic heterocycles. The lowest BCUT2D eigenvalue weighted by molar-refractivity contribution is -0.384. The van der Waals surface area contributed by atoms with E-state index in [2.05, 4.69) is 52.9 Å². The monoisotopic (exact) mass is 597 g/mol. The number of nitro benzene ring substituents is 1. The molecule has 0 spiro atoms. The zero-order chi connectivity index (χ0) is 25.2. The Morgan fingerprint density at radius 1 is 0.771 bits per heavy atom. The molecule has 9 nitrogen and oxygen atoms in total. The average molecular weight is 599 g/mol. The number of halogens is 2. The van der Waals surface area contributed by atoms with Crippen molar-refractivity contribution in [2.24, 2.45) is 10.2 Å². The molecular weight excluding hydrogens is 582 g/mol. The second-order valence-corrected chi connectivity index (χ2v) is 8.75. The zero-order valence-corrected chi connectivity index (χ0v) is 21.1. The summed E-state index contributed by atoms with van der Waals surface area (Å²) in [5.74, 6) is -1.57. The highest BCUT2D eigenvalue weighted by Gasteiger charge is 2.18. The Hall–Kier alpha value is -3.96. The van der Waals surface area contributed by atoms with Crippen LogP contribution >= 0.6 is 31.9 Å². The molecule has 3 rings (SSSR count). The van der Waals surface area contributed by atoms with Gasteiger partial charge in [0.1, 0.15) is 5.57 Å². The number of carbonyl (C=O) groups excluding carboxylic acids is 2. The number of nitro groups is 1. The predicted octanol–water partition coefficient (Wildman–Crippen LogP) is 4.80. The Bertz CT molecular complexity index is 1270. The molecule has 11 heteroatoms. The summed E-state index contributed by atoms with van der Waals surface area (Å²) in [7, 11) is 0. The smallest absolute Gasteiger partial charge is 0.267 e. The van der Waals surface area contributed by atoms with Crippen molar-refractivity contribution < 1.29 is 14.5 Å². The van der Waals surface area contributed by atoms with Crippen LogP contribution in [0.1, 0.15) is 16.7 Å². The summed E-state index contributed by atoms with van der Waals surface area (Å²) in [6.07, 6.45) is 4.14. The molecule has 0 bridgehead atoms. The molecule has 35 heavy (non-hydrogen) atoms. The van der Waals surface area contributed by atoms with E-state index in [9.17, 15) is 19.7 Å². The van der Waals surface area contributed by atoms with Crippen molar-refractivity contribution in [3.8, 4) is 0 Å². The predicted molar refractivity (Wildman–Crippen MR) is 141 cm³/mol. The SMILES string of the molecule is O=C(NN=Cc1cccc(Br)c1)C(=Cc1ccc([N+](=O)[O-])cc1)C(=O)NN=Cc1cccc(Br)c1. The Balaban J connectivity index is 1.80. The highest BCUT2D eigenvalue weighted by Crippen LogP contribution is 2.15. The second kappa shape index (κ2) is 12.5. The molecule has 176 valence electrons. The van der Waals surface area contributed by atoms with Gasteiger partial charge in [-0.05, 0) is 59.2 Å². The van der Waals surface area contributed by atoms with Gasteiger partial charge in [0.15, 0.2) is 0 Å². The van der Waals surface area contributed by atoms with Gasteiger partial charge in [0.2, 0.25) is 0 Å². The molecule has 0 radical (unpaired) electrons. The van der Waals surface area contributed by atoms with E-state index in [4.69, 9.17) is 0 Å². The minimum atomic E-state index is -0.787. The van der Waals surface area contributed by atoms with Gasteiger partial charge in [0.05, 0.1) is 17.4 Å². The highest BCUT2D eigenvalue weighted by molar-refractivity contribution is 9.10. The number of hydrazone groups is 2. The summed E-state index contributed by atoms with van der Waals surface area (Å²) in [5, 5.41) is 18.7. The molecule has 0 aliphatic rings. The van der Waals surface area contributed by atoms with E-state index in [0.29, 0.717) is 5.56 Å². The van der Waals surface area contributed by atoms with E-state index in [-0.39, 0.29) is 11.3 Å². The molecule has 3 aromatic carbocycles. The van der Waals surface area contributed by atoms with E-state index in [1.165, 1.54) is 42.8 Å². The number of benzene rings is 3. The van der Waals surface area contributed by atoms with Gasteiger partial charge in [-0.1, -0.05) is 56.1 Å². The van der Waals surface area contributed by atoms with Gasteiger partial charge in [-0.2, -0.15) is 10.2 Å². The number of carbonyl (C=O) groups is 2. The summed E-state index contributed by atoms with van der Waals surface area (Å²) in [6, 6.07) is 19.9. The molecular formula is C24H17Br2N5O4. The van der Waals surface area contributed by atoms with Gasteiger partial charge in [0, 0.05) is 21.1 Å². The highest BCUT2D eigenvalue weighted by atomic mass is 79.9. The molecule has 2 amide bonds. The molecule has 3 aromatic rings. The van der Waals surface area contributed by atoms with Crippen LogP contribution in [-0.2, 0) is 9.59 Å². The van der Waals surface area contributed by atoms with Gasteiger partial charge >= 0.3 is 0 Å². The van der Waals surface area contributed by atoms with Gasteiger partial charge in [-0.3, -0.25) is 19.7 Å². The molecule has 0 unspecified atom stereocenters. The lowest BCUT2D eigenvalue weighted by Gasteiger charge is -2.05. The topological polar surface area (TPSA) is 126 Å². The maximum Gasteiger partial charge on any atom is 0.277 e. The lowest BCUT2D eigenvalue weighted by Crippen LogP contribution is -2.30. The number of hydrogen-bond donors (Lipinski definition) is 2. The van der Waals surface area contributed by atoms with Crippen LogP contribution in [0.25, 0.3) is 6.08 Å². The first kappa shape index (κ1) is 25.7. The molecule has 0 aromatic heterocycles. The van der Waals surface area contributed by atoms with Gasteiger partial charge in [0.25, 0.3) is 17.5 Å². The largest absolute Gasteiger partial charge is 0.277 e. The van der Waals surface area contributed by atoms with E-state index < -0.39 is 16.7 Å². The summed E-state index contributed by atoms with van der Waals surface area (Å²) in [4.78, 5) is 35.9. The van der Waals surface area contributed by atoms with Crippen molar-refractivity contribution >= 4 is 67.9 Å². The quantitative estimate of drug-likeness (QED) is 0.0964. The summed E-state index contributed by atoms with van der Waals surface area (Å²) in [5.41, 5.74) is 6.08. The Labute approximate surface area is 217 Å². The van der Waals surface area contributed by atoms with Crippen LogP contribution in [0.5, 0.6) is 0 Å². The zero-order valence-electron chi connectivity index (χ0n) is 17.9. The summed E-state index contributed by atoms with van der Waals surface area (Å²) in [6.45, 7) is 0. The number of amides is 2. The summed E-state index contributed by atoms with van der Waals surface area (Å²) >= 11 is 6.70.